The summed E-state index contributed by atoms with van der Waals surface area (Å²) in [5, 5.41) is 16.7. The minimum absolute atomic E-state index is 0. The number of nitrogens with two attached hydrogens (primary N) is 1. The molecule has 0 heterocycles. The molecule has 0 atom stereocenters. The largest absolute Gasteiger partial charge is 1.00 e. The van der Waals surface area contributed by atoms with E-state index in [0.717, 1.165) is 70.3 Å². The van der Waals surface area contributed by atoms with Gasteiger partial charge in [-0.25, -0.2) is 13.2 Å². The molecule has 7 N–H and O–H groups in total. The molecule has 0 amide bonds. The third-order valence-electron chi connectivity index (χ3n) is 10.8. The van der Waals surface area contributed by atoms with Gasteiger partial charge in [-0.2, -0.15) is 0 Å². The molecule has 0 saturated heterocycles. The summed E-state index contributed by atoms with van der Waals surface area (Å²) >= 11 is 9.65. The number of hydrogen-bond donors (Lipinski definition) is 4. The summed E-state index contributed by atoms with van der Waals surface area (Å²) in [6.07, 6.45) is 0. The second-order valence-electron chi connectivity index (χ2n) is 18.8. The average molecular weight is 1340 g/mol. The summed E-state index contributed by atoms with van der Waals surface area (Å²) < 4.78 is 42.8. The van der Waals surface area contributed by atoms with E-state index < -0.39 is 5.60 Å². The van der Waals surface area contributed by atoms with Crippen molar-refractivity contribution in [3.63, 3.8) is 0 Å². The van der Waals surface area contributed by atoms with Crippen LogP contribution in [0.5, 0.6) is 0 Å². The second kappa shape index (κ2) is 38.5. The Labute approximate surface area is 547 Å². The molecule has 14 heteroatoms. The van der Waals surface area contributed by atoms with Gasteiger partial charge < -0.3 is 37.4 Å². The normalized spacial score (nSPS) is 9.76. The fourth-order valence-electron chi connectivity index (χ4n) is 7.52. The Kier molecular flexibility index (Phi) is 32.5. The number of nitrogens with one attached hydrogen (secondary N) is 2. The Morgan fingerprint density at radius 1 is 0.341 bits per heavy atom. The predicted molar refractivity (Wildman–Crippen MR) is 360 cm³/mol. The van der Waals surface area contributed by atoms with Gasteiger partial charge in [0.1, 0.15) is 17.5 Å². The fraction of sp³-hybridized carbons (Fsp3) is 0.0704. The van der Waals surface area contributed by atoms with Crippen molar-refractivity contribution < 1.29 is 47.8 Å². The van der Waals surface area contributed by atoms with Gasteiger partial charge in [0.2, 0.25) is 0 Å². The smallest absolute Gasteiger partial charge is 0.850 e. The monoisotopic (exact) mass is 1340 g/mol. The van der Waals surface area contributed by atoms with Gasteiger partial charge in [-0.05, 0) is 152 Å². The molecule has 0 bridgehead atoms. The van der Waals surface area contributed by atoms with Crippen molar-refractivity contribution in [2.24, 2.45) is 0 Å². The SMILES string of the molecule is C.CC(C)(C)[O-].Fc1cc(Br)cc(Br)c1.Fc1cc(Br)cc(N(c2ccccc2)c2ccccc2)c1.Fc1cc(Nc2ccccc2)cc(N(c2ccccc2)c2ccccc2)c1.N.Nc1ccccc1.[Na+].c1ccc(Nc2ccccc2)cc1. The first-order chi connectivity index (χ1) is 39.6. The maximum Gasteiger partial charge on any atom is 1.00 e. The number of halogens is 6. The molecule has 432 valence electrons. The Hall–Kier alpha value is -7.43. The Balaban J connectivity index is 0.000000289. The first kappa shape index (κ1) is 71.8. The summed E-state index contributed by atoms with van der Waals surface area (Å²) in [5.41, 5.74) is 14.7. The van der Waals surface area contributed by atoms with Crippen LogP contribution in [-0.4, -0.2) is 5.60 Å². The molecule has 11 aromatic carbocycles. The van der Waals surface area contributed by atoms with E-state index in [1.807, 2.05) is 265 Å². The van der Waals surface area contributed by atoms with Crippen molar-refractivity contribution in [1.82, 2.24) is 6.15 Å². The van der Waals surface area contributed by atoms with E-state index in [1.54, 1.807) is 32.9 Å². The molecular weight excluding hydrogens is 1270 g/mol. The van der Waals surface area contributed by atoms with Gasteiger partial charge in [-0.15, -0.1) is 5.60 Å². The molecular formula is C71H69Br3F3N6NaO. The van der Waals surface area contributed by atoms with Crippen LogP contribution >= 0.6 is 47.8 Å². The minimum atomic E-state index is -0.750. The molecule has 0 aliphatic carbocycles. The summed E-state index contributed by atoms with van der Waals surface area (Å²) in [7, 11) is 0. The third-order valence-corrected chi connectivity index (χ3v) is 12.2. The number of nitrogen functional groups attached to an aromatic ring is 1. The molecule has 11 rings (SSSR count). The molecule has 0 aliphatic rings. The first-order valence-electron chi connectivity index (χ1n) is 25.9. The Morgan fingerprint density at radius 2 is 0.576 bits per heavy atom. The van der Waals surface area contributed by atoms with Crippen LogP contribution in [0.1, 0.15) is 28.2 Å². The van der Waals surface area contributed by atoms with Crippen LogP contribution in [-0.2, 0) is 0 Å². The summed E-state index contributed by atoms with van der Waals surface area (Å²) in [4.78, 5) is 4.06. The number of rotatable bonds is 10. The summed E-state index contributed by atoms with van der Waals surface area (Å²) in [6.45, 7) is 4.90. The van der Waals surface area contributed by atoms with Crippen LogP contribution in [0.25, 0.3) is 0 Å². The zero-order valence-electron chi connectivity index (χ0n) is 47.1. The molecule has 0 unspecified atom stereocenters. The first-order valence-corrected chi connectivity index (χ1v) is 28.3. The number of hydrogen-bond acceptors (Lipinski definition) is 7. The van der Waals surface area contributed by atoms with Crippen molar-refractivity contribution in [3.8, 4) is 0 Å². The van der Waals surface area contributed by atoms with Crippen molar-refractivity contribution in [3.05, 3.63) is 328 Å². The van der Waals surface area contributed by atoms with Crippen LogP contribution in [0.15, 0.2) is 311 Å². The Morgan fingerprint density at radius 3 is 0.847 bits per heavy atom. The molecule has 11 aromatic rings. The molecule has 0 aromatic heterocycles. The molecule has 0 aliphatic heterocycles. The zero-order chi connectivity index (χ0) is 58.5. The van der Waals surface area contributed by atoms with Crippen LogP contribution in [0.4, 0.5) is 75.7 Å². The summed E-state index contributed by atoms with van der Waals surface area (Å²) in [5.74, 6) is -0.796. The molecule has 0 spiro atoms. The molecule has 7 nitrogen and oxygen atoms in total. The van der Waals surface area contributed by atoms with Gasteiger partial charge in [0.15, 0.2) is 0 Å². The van der Waals surface area contributed by atoms with Crippen molar-refractivity contribution >= 4 is 110 Å². The standard InChI is InChI=1S/C24H19FN2.C18H13BrFN.C12H11N.C6H3Br2F.C6H7N.C4H9O.CH4.H3N.Na/c25-19-16-21(26-20-10-4-1-5-11-20)18-24(17-19)27(22-12-6-2-7-13-22)23-14-8-3-9-15-23;19-14-11-15(20)13-18(12-14)21(16-7-3-1-4-8-16)17-9-5-2-6-10-17;1-3-7-11(8-4-1)13-12-9-5-2-6-10-12;7-4-1-5(8)3-6(9)2-4;7-6-4-2-1-3-5-6;1-4(2,3)5;;;/h1-18,26H;1-13H;1-10,13H;1-3H;1-5H,7H2;1-3H3;1H4;1H3;/q;;;;;-1;;;+1. The maximum atomic E-state index is 14.5. The van der Waals surface area contributed by atoms with E-state index in [2.05, 4.69) is 58.4 Å². The number of anilines is 11. The maximum absolute atomic E-state index is 14.5. The van der Waals surface area contributed by atoms with E-state index in [-0.39, 0.29) is 60.6 Å². The van der Waals surface area contributed by atoms with E-state index in [1.165, 1.54) is 30.3 Å². The fourth-order valence-corrected chi connectivity index (χ4v) is 9.21. The number of para-hydroxylation sites is 8. The zero-order valence-corrected chi connectivity index (χ0v) is 53.9. The quantitative estimate of drug-likeness (QED) is 0.0796. The van der Waals surface area contributed by atoms with Crippen molar-refractivity contribution in [1.29, 1.82) is 0 Å². The molecule has 0 radical (unpaired) electrons. The van der Waals surface area contributed by atoms with Crippen molar-refractivity contribution in [2.45, 2.75) is 33.8 Å². The summed E-state index contributed by atoms with van der Waals surface area (Å²) in [6, 6.07) is 93.8. The average Bonchev–Trinajstić information content (AvgIpc) is 3.39. The molecule has 0 saturated carbocycles. The van der Waals surface area contributed by atoms with Crippen molar-refractivity contribution in [2.75, 3.05) is 26.2 Å². The van der Waals surface area contributed by atoms with E-state index in [9.17, 15) is 18.3 Å². The number of benzene rings is 11. The topological polar surface area (TPSA) is 115 Å². The molecule has 0 fully saturated rings. The van der Waals surface area contributed by atoms with Crippen LogP contribution in [0, 0.1) is 17.5 Å². The van der Waals surface area contributed by atoms with Crippen LogP contribution in [0.2, 0.25) is 0 Å². The predicted octanol–water partition coefficient (Wildman–Crippen LogP) is 19.1. The third kappa shape index (κ3) is 27.4. The van der Waals surface area contributed by atoms with Crippen LogP contribution < -0.4 is 67.0 Å². The number of nitrogens with zero attached hydrogens (tertiary/aromatic N) is 2. The van der Waals surface area contributed by atoms with Gasteiger partial charge in [0.05, 0.1) is 11.4 Å². The van der Waals surface area contributed by atoms with Gasteiger partial charge in [-0.1, -0.05) is 222 Å². The Bertz CT molecular complexity index is 3360. The van der Waals surface area contributed by atoms with Gasteiger partial charge >= 0.3 is 29.6 Å². The molecule has 85 heavy (non-hydrogen) atoms. The van der Waals surface area contributed by atoms with E-state index >= 15 is 0 Å². The van der Waals surface area contributed by atoms with E-state index in [4.69, 9.17) is 5.73 Å². The van der Waals surface area contributed by atoms with Crippen LogP contribution in [0.3, 0.4) is 0 Å². The van der Waals surface area contributed by atoms with Gasteiger partial charge in [0.25, 0.3) is 0 Å². The van der Waals surface area contributed by atoms with Gasteiger partial charge in [-0.3, -0.25) is 0 Å². The minimum Gasteiger partial charge on any atom is -0.850 e. The van der Waals surface area contributed by atoms with Gasteiger partial charge in [0, 0.05) is 64.6 Å². The second-order valence-corrected chi connectivity index (χ2v) is 21.5. The van der Waals surface area contributed by atoms with E-state index in [0.29, 0.717) is 5.69 Å².